The lowest BCUT2D eigenvalue weighted by Crippen LogP contribution is -2.67. The third kappa shape index (κ3) is 2.15. The lowest BCUT2D eigenvalue weighted by Gasteiger charge is -2.54. The van der Waals surface area contributed by atoms with Gasteiger partial charge in [0.05, 0.1) is 16.8 Å². The van der Waals surface area contributed by atoms with Crippen LogP contribution < -0.4 is 16.4 Å². The molecule has 4 unspecified atom stereocenters. The molecule has 0 amide bonds. The smallest absolute Gasteiger partial charge is 0.118 e. The third-order valence-electron chi connectivity index (χ3n) is 5.14. The summed E-state index contributed by atoms with van der Waals surface area (Å²) in [5, 5.41) is 17.3. The van der Waals surface area contributed by atoms with Crippen molar-refractivity contribution in [1.82, 2.24) is 10.6 Å². The van der Waals surface area contributed by atoms with E-state index in [0.29, 0.717) is 4.05 Å². The molecule has 0 aromatic carbocycles. The summed E-state index contributed by atoms with van der Waals surface area (Å²) in [5.74, 6) is 0.232. The lowest BCUT2D eigenvalue weighted by molar-refractivity contribution is -0.219. The lowest BCUT2D eigenvalue weighted by atomic mass is 9.69. The molecule has 3 fully saturated rings. The molecule has 2 aliphatic heterocycles. The average molecular weight is 381 g/mol. The maximum Gasteiger partial charge on any atom is 0.118 e. The van der Waals surface area contributed by atoms with E-state index in [1.165, 1.54) is 0 Å². The zero-order chi connectivity index (χ0) is 13.8. The topological polar surface area (TPSA) is 79.5 Å². The van der Waals surface area contributed by atoms with Gasteiger partial charge < -0.3 is 20.9 Å². The second-order valence-corrected chi connectivity index (χ2v) is 8.55. The number of rotatable bonds is 3. The second-order valence-electron chi connectivity index (χ2n) is 6.68. The number of hydrogen-bond acceptors (Lipinski definition) is 5. The minimum Gasteiger partial charge on any atom is -0.392 e. The highest BCUT2D eigenvalue weighted by Crippen LogP contribution is 2.62. The van der Waals surface area contributed by atoms with E-state index in [1.807, 2.05) is 6.92 Å². The molecule has 19 heavy (non-hydrogen) atoms. The van der Waals surface area contributed by atoms with Crippen LogP contribution in [0.2, 0.25) is 0 Å². The van der Waals surface area contributed by atoms with Crippen molar-refractivity contribution in [3.8, 4) is 0 Å². The Morgan fingerprint density at radius 2 is 2.21 bits per heavy atom. The first-order chi connectivity index (χ1) is 8.91. The van der Waals surface area contributed by atoms with Crippen LogP contribution in [0.3, 0.4) is 0 Å². The van der Waals surface area contributed by atoms with E-state index >= 15 is 0 Å². The monoisotopic (exact) mass is 381 g/mol. The van der Waals surface area contributed by atoms with Crippen molar-refractivity contribution < 1.29 is 9.84 Å². The summed E-state index contributed by atoms with van der Waals surface area (Å²) in [4.78, 5) is 0. The molecule has 0 radical (unpaired) electrons. The van der Waals surface area contributed by atoms with Crippen molar-refractivity contribution in [2.24, 2.45) is 22.5 Å². The Labute approximate surface area is 128 Å². The molecule has 3 rings (SSSR count). The van der Waals surface area contributed by atoms with Crippen LogP contribution in [0.5, 0.6) is 0 Å². The Morgan fingerprint density at radius 1 is 1.47 bits per heavy atom. The molecule has 0 bridgehead atoms. The first-order valence-corrected chi connectivity index (χ1v) is 8.32. The molecule has 7 atom stereocenters. The van der Waals surface area contributed by atoms with Crippen LogP contribution in [-0.2, 0) is 4.74 Å². The largest absolute Gasteiger partial charge is 0.392 e. The number of alkyl halides is 1. The first-order valence-electron chi connectivity index (χ1n) is 7.07. The Balaban J connectivity index is 1.73. The van der Waals surface area contributed by atoms with E-state index in [-0.39, 0.29) is 35.1 Å². The van der Waals surface area contributed by atoms with Crippen LogP contribution in [0.15, 0.2) is 0 Å². The summed E-state index contributed by atoms with van der Waals surface area (Å²) in [7, 11) is 0. The Kier molecular flexibility index (Phi) is 3.64. The van der Waals surface area contributed by atoms with E-state index in [4.69, 9.17) is 10.5 Å². The van der Waals surface area contributed by atoms with Gasteiger partial charge in [0.1, 0.15) is 6.23 Å². The number of piperidine rings is 1. The molecule has 1 saturated carbocycles. The van der Waals surface area contributed by atoms with Crippen molar-refractivity contribution >= 4 is 22.6 Å². The maximum absolute atomic E-state index is 10.3. The molecule has 0 aromatic heterocycles. The van der Waals surface area contributed by atoms with Crippen LogP contribution in [-0.4, -0.2) is 47.2 Å². The van der Waals surface area contributed by atoms with Gasteiger partial charge in [-0.2, -0.15) is 0 Å². The second kappa shape index (κ2) is 4.78. The summed E-state index contributed by atoms with van der Waals surface area (Å²) in [5.41, 5.74) is 6.13. The van der Waals surface area contributed by atoms with Crippen LogP contribution in [0.1, 0.15) is 20.3 Å². The predicted molar refractivity (Wildman–Crippen MR) is 81.9 cm³/mol. The van der Waals surface area contributed by atoms with Crippen molar-refractivity contribution in [3.05, 3.63) is 0 Å². The quantitative estimate of drug-likeness (QED) is 0.315. The minimum atomic E-state index is -0.254. The molecule has 110 valence electrons. The molecular weight excluding hydrogens is 357 g/mol. The number of nitrogens with one attached hydrogen (secondary N) is 2. The van der Waals surface area contributed by atoms with Crippen LogP contribution in [0.25, 0.3) is 0 Å². The van der Waals surface area contributed by atoms with Crippen molar-refractivity contribution in [1.29, 1.82) is 0 Å². The number of aliphatic hydroxyl groups excluding tert-OH is 1. The van der Waals surface area contributed by atoms with Gasteiger partial charge in [0.15, 0.2) is 0 Å². The highest BCUT2D eigenvalue weighted by Gasteiger charge is 2.70. The Hall–Kier alpha value is 0.530. The zero-order valence-electron chi connectivity index (χ0n) is 11.5. The van der Waals surface area contributed by atoms with E-state index in [9.17, 15) is 5.11 Å². The van der Waals surface area contributed by atoms with E-state index in [1.54, 1.807) is 0 Å². The van der Waals surface area contributed by atoms with Gasteiger partial charge in [-0.15, -0.1) is 0 Å². The third-order valence-corrected chi connectivity index (χ3v) is 5.50. The van der Waals surface area contributed by atoms with E-state index in [0.717, 1.165) is 26.1 Å². The number of aliphatic hydroxyl groups is 1. The molecular formula is C13H24IN3O2. The summed E-state index contributed by atoms with van der Waals surface area (Å²) in [6.45, 7) is 6.76. The van der Waals surface area contributed by atoms with Gasteiger partial charge in [0, 0.05) is 35.9 Å². The first kappa shape index (κ1) is 14.5. The van der Waals surface area contributed by atoms with E-state index in [2.05, 4.69) is 40.1 Å². The van der Waals surface area contributed by atoms with Crippen LogP contribution in [0, 0.1) is 16.7 Å². The molecule has 6 heteroatoms. The summed E-state index contributed by atoms with van der Waals surface area (Å²) in [6, 6.07) is 0.0582. The summed E-state index contributed by atoms with van der Waals surface area (Å²) >= 11 is 2.36. The van der Waals surface area contributed by atoms with Crippen LogP contribution in [0.4, 0.5) is 0 Å². The van der Waals surface area contributed by atoms with Gasteiger partial charge >= 0.3 is 0 Å². The van der Waals surface area contributed by atoms with Gasteiger partial charge in [-0.25, -0.2) is 0 Å². The number of ether oxygens (including phenoxy) is 1. The highest BCUT2D eigenvalue weighted by atomic mass is 127. The summed E-state index contributed by atoms with van der Waals surface area (Å²) in [6.07, 6.45) is 0.863. The molecule has 2 saturated heterocycles. The molecule has 0 aromatic rings. The van der Waals surface area contributed by atoms with Crippen molar-refractivity contribution in [3.63, 3.8) is 0 Å². The number of hydrogen-bond donors (Lipinski definition) is 4. The van der Waals surface area contributed by atoms with Gasteiger partial charge in [-0.1, -0.05) is 22.6 Å². The molecule has 2 heterocycles. The fourth-order valence-corrected chi connectivity index (χ4v) is 4.53. The molecule has 1 aliphatic carbocycles. The SMILES string of the molecule is CC(I)N[C@H]1OC[C@@]12CNCC1(C2)C(O)C1[C@@H](C)N. The Morgan fingerprint density at radius 3 is 2.68 bits per heavy atom. The summed E-state index contributed by atoms with van der Waals surface area (Å²) < 4.78 is 6.10. The fourth-order valence-electron chi connectivity index (χ4n) is 4.20. The predicted octanol–water partition coefficient (Wildman–Crippen LogP) is 0.0173. The standard InChI is InChI=1S/C13H24IN3O2/c1-7(15)9-10(18)13(9)3-12(4-16-5-13)6-19-11(12)17-8(2)14/h7-11,16-18H,3-6,15H2,1-2H3/t7-,8?,9?,10?,11+,12-,13?/m1/s1. The maximum atomic E-state index is 10.3. The van der Waals surface area contributed by atoms with Gasteiger partial charge in [0.2, 0.25) is 0 Å². The molecule has 2 spiro atoms. The molecule has 5 N–H and O–H groups in total. The highest BCUT2D eigenvalue weighted by molar-refractivity contribution is 14.1. The van der Waals surface area contributed by atoms with Crippen molar-refractivity contribution in [2.45, 2.75) is 42.7 Å². The minimum absolute atomic E-state index is 0.0232. The Bertz CT molecular complexity index is 368. The molecule has 3 aliphatic rings. The normalized spacial score (nSPS) is 51.9. The average Bonchev–Trinajstić information content (AvgIpc) is 2.88. The number of nitrogens with two attached hydrogens (primary N) is 1. The van der Waals surface area contributed by atoms with Crippen LogP contribution >= 0.6 is 22.6 Å². The number of halogens is 1. The zero-order valence-corrected chi connectivity index (χ0v) is 13.7. The van der Waals surface area contributed by atoms with Crippen molar-refractivity contribution in [2.75, 3.05) is 19.7 Å². The van der Waals surface area contributed by atoms with E-state index < -0.39 is 0 Å². The van der Waals surface area contributed by atoms with Gasteiger partial charge in [-0.05, 0) is 20.3 Å². The fraction of sp³-hybridized carbons (Fsp3) is 1.00. The molecule has 5 nitrogen and oxygen atoms in total. The van der Waals surface area contributed by atoms with Gasteiger partial charge in [0.25, 0.3) is 0 Å². The van der Waals surface area contributed by atoms with Gasteiger partial charge in [-0.3, -0.25) is 5.32 Å².